The number of rotatable bonds is 5. The van der Waals surface area contributed by atoms with Crippen LogP contribution in [-0.4, -0.2) is 42.1 Å². The van der Waals surface area contributed by atoms with Gasteiger partial charge in [-0.25, -0.2) is 0 Å². The van der Waals surface area contributed by atoms with E-state index in [0.717, 1.165) is 5.56 Å². The Hall–Kier alpha value is -2.70. The van der Waals surface area contributed by atoms with E-state index in [9.17, 15) is 4.79 Å². The second-order valence-corrected chi connectivity index (χ2v) is 4.93. The molecular weight excluding hydrogens is 282 g/mol. The van der Waals surface area contributed by atoms with E-state index >= 15 is 0 Å². The zero-order valence-electron chi connectivity index (χ0n) is 13.1. The quantitative estimate of drug-likeness (QED) is 0.893. The maximum atomic E-state index is 12.2. The number of aromatic nitrogens is 3. The lowest BCUT2D eigenvalue weighted by atomic mass is 10.1. The highest BCUT2D eigenvalue weighted by molar-refractivity contribution is 5.95. The van der Waals surface area contributed by atoms with Gasteiger partial charge in [0.05, 0.1) is 13.7 Å². The summed E-state index contributed by atoms with van der Waals surface area (Å²) in [7, 11) is 5.14. The molecule has 0 aliphatic heterocycles. The van der Waals surface area contributed by atoms with Crippen molar-refractivity contribution < 1.29 is 9.53 Å². The van der Waals surface area contributed by atoms with E-state index in [4.69, 9.17) is 4.74 Å². The largest absolute Gasteiger partial charge is 0.467 e. The molecule has 2 aromatic rings. The number of ether oxygens (including phenoxy) is 1. The summed E-state index contributed by atoms with van der Waals surface area (Å²) in [4.78, 5) is 26.5. The number of aryl methyl sites for hydroxylation is 1. The lowest BCUT2D eigenvalue weighted by Crippen LogP contribution is -2.25. The van der Waals surface area contributed by atoms with Crippen LogP contribution in [0.4, 0.5) is 5.95 Å². The van der Waals surface area contributed by atoms with Crippen LogP contribution in [0.2, 0.25) is 0 Å². The molecule has 7 heteroatoms. The highest BCUT2D eigenvalue weighted by Crippen LogP contribution is 2.10. The van der Waals surface area contributed by atoms with Gasteiger partial charge in [-0.15, -0.1) is 0 Å². The number of carbonyl (C=O) groups is 1. The molecule has 0 radical (unpaired) electrons. The monoisotopic (exact) mass is 301 g/mol. The molecule has 0 fully saturated rings. The molecular formula is C15H19N5O2. The lowest BCUT2D eigenvalue weighted by Gasteiger charge is -2.12. The zero-order valence-corrected chi connectivity index (χ0v) is 13.1. The molecule has 0 spiro atoms. The highest BCUT2D eigenvalue weighted by atomic mass is 16.5. The first kappa shape index (κ1) is 15.7. The SMILES string of the molecule is COc1nc(CNC(=O)c2ccccc2C)nc(N(C)C)n1. The van der Waals surface area contributed by atoms with Crippen molar-refractivity contribution in [2.45, 2.75) is 13.5 Å². The van der Waals surface area contributed by atoms with E-state index in [1.54, 1.807) is 11.0 Å². The van der Waals surface area contributed by atoms with Gasteiger partial charge in [-0.2, -0.15) is 15.0 Å². The molecule has 0 unspecified atom stereocenters. The third-order valence-corrected chi connectivity index (χ3v) is 3.03. The van der Waals surface area contributed by atoms with Crippen molar-refractivity contribution in [1.29, 1.82) is 0 Å². The number of benzene rings is 1. The predicted molar refractivity (Wildman–Crippen MR) is 83.1 cm³/mol. The maximum absolute atomic E-state index is 12.2. The van der Waals surface area contributed by atoms with Crippen molar-refractivity contribution in [2.24, 2.45) is 0 Å². The molecule has 2 rings (SSSR count). The summed E-state index contributed by atoms with van der Waals surface area (Å²) in [6.07, 6.45) is 0. The fourth-order valence-electron chi connectivity index (χ4n) is 1.84. The second-order valence-electron chi connectivity index (χ2n) is 4.93. The van der Waals surface area contributed by atoms with Crippen LogP contribution in [0.1, 0.15) is 21.7 Å². The first-order valence-corrected chi connectivity index (χ1v) is 6.81. The molecule has 1 aromatic heterocycles. The van der Waals surface area contributed by atoms with Crippen molar-refractivity contribution >= 4 is 11.9 Å². The molecule has 22 heavy (non-hydrogen) atoms. The molecule has 0 saturated heterocycles. The molecule has 7 nitrogen and oxygen atoms in total. The maximum Gasteiger partial charge on any atom is 0.321 e. The first-order valence-electron chi connectivity index (χ1n) is 6.81. The fourth-order valence-corrected chi connectivity index (χ4v) is 1.84. The minimum absolute atomic E-state index is 0.163. The Labute approximate surface area is 129 Å². The summed E-state index contributed by atoms with van der Waals surface area (Å²) in [6, 6.07) is 7.62. The second kappa shape index (κ2) is 6.84. The molecule has 0 aliphatic rings. The third kappa shape index (κ3) is 3.69. The van der Waals surface area contributed by atoms with Crippen LogP contribution in [0.15, 0.2) is 24.3 Å². The van der Waals surface area contributed by atoms with Crippen molar-refractivity contribution in [3.8, 4) is 6.01 Å². The normalized spacial score (nSPS) is 10.2. The molecule has 116 valence electrons. The van der Waals surface area contributed by atoms with Gasteiger partial charge >= 0.3 is 6.01 Å². The molecule has 1 aromatic carbocycles. The van der Waals surface area contributed by atoms with Gasteiger partial charge in [0.15, 0.2) is 5.82 Å². The van der Waals surface area contributed by atoms with E-state index in [1.807, 2.05) is 39.2 Å². The van der Waals surface area contributed by atoms with Crippen molar-refractivity contribution in [3.63, 3.8) is 0 Å². The van der Waals surface area contributed by atoms with Crippen molar-refractivity contribution in [3.05, 3.63) is 41.2 Å². The standard InChI is InChI=1S/C15H19N5O2/c1-10-7-5-6-8-11(10)13(21)16-9-12-17-14(20(2)3)19-15(18-12)22-4/h5-8H,9H2,1-4H3,(H,16,21). The van der Waals surface area contributed by atoms with Crippen LogP contribution in [0.3, 0.4) is 0 Å². The van der Waals surface area contributed by atoms with E-state index in [1.165, 1.54) is 7.11 Å². The van der Waals surface area contributed by atoms with Gasteiger partial charge in [-0.05, 0) is 18.6 Å². The first-order chi connectivity index (χ1) is 10.5. The van der Waals surface area contributed by atoms with Crippen LogP contribution in [0.25, 0.3) is 0 Å². The van der Waals surface area contributed by atoms with E-state index < -0.39 is 0 Å². The van der Waals surface area contributed by atoms with Crippen molar-refractivity contribution in [2.75, 3.05) is 26.1 Å². The lowest BCUT2D eigenvalue weighted by molar-refractivity contribution is 0.0949. The number of methoxy groups -OCH3 is 1. The average molecular weight is 301 g/mol. The Morgan fingerprint density at radius 2 is 1.95 bits per heavy atom. The summed E-state index contributed by atoms with van der Waals surface area (Å²) in [5.74, 6) is 0.758. The zero-order chi connectivity index (χ0) is 16.1. The molecule has 0 aliphatic carbocycles. The molecule has 1 N–H and O–H groups in total. The number of carbonyl (C=O) groups excluding carboxylic acids is 1. The average Bonchev–Trinajstić information content (AvgIpc) is 2.52. The summed E-state index contributed by atoms with van der Waals surface area (Å²) in [5.41, 5.74) is 1.55. The number of nitrogens with zero attached hydrogens (tertiary/aromatic N) is 4. The number of amides is 1. The van der Waals surface area contributed by atoms with Crippen LogP contribution >= 0.6 is 0 Å². The van der Waals surface area contributed by atoms with Gasteiger partial charge in [-0.3, -0.25) is 4.79 Å². The van der Waals surface area contributed by atoms with Crippen LogP contribution in [0.5, 0.6) is 6.01 Å². The van der Waals surface area contributed by atoms with E-state index in [0.29, 0.717) is 17.3 Å². The van der Waals surface area contributed by atoms with Crippen LogP contribution in [-0.2, 0) is 6.54 Å². The number of hydrogen-bond acceptors (Lipinski definition) is 6. The molecule has 0 atom stereocenters. The number of hydrogen-bond donors (Lipinski definition) is 1. The Kier molecular flexibility index (Phi) is 4.88. The molecule has 1 heterocycles. The predicted octanol–water partition coefficient (Wildman–Crippen LogP) is 1.18. The van der Waals surface area contributed by atoms with Crippen LogP contribution in [0, 0.1) is 6.92 Å². The van der Waals surface area contributed by atoms with Gasteiger partial charge < -0.3 is 15.0 Å². The Morgan fingerprint density at radius 1 is 1.23 bits per heavy atom. The number of nitrogens with one attached hydrogen (secondary N) is 1. The summed E-state index contributed by atoms with van der Waals surface area (Å²) in [6.45, 7) is 2.10. The fraction of sp³-hybridized carbons (Fsp3) is 0.333. The smallest absolute Gasteiger partial charge is 0.321 e. The minimum atomic E-state index is -0.163. The molecule has 0 saturated carbocycles. The summed E-state index contributed by atoms with van der Waals surface area (Å²) in [5, 5.41) is 2.81. The van der Waals surface area contributed by atoms with Crippen LogP contribution < -0.4 is 15.0 Å². The summed E-state index contributed by atoms with van der Waals surface area (Å²) >= 11 is 0. The Balaban J connectivity index is 2.13. The van der Waals surface area contributed by atoms with Gasteiger partial charge in [0.2, 0.25) is 5.95 Å². The Bertz CT molecular complexity index is 673. The topological polar surface area (TPSA) is 80.2 Å². The molecule has 1 amide bonds. The van der Waals surface area contributed by atoms with Gasteiger partial charge in [0, 0.05) is 19.7 Å². The third-order valence-electron chi connectivity index (χ3n) is 3.03. The minimum Gasteiger partial charge on any atom is -0.467 e. The van der Waals surface area contributed by atoms with Gasteiger partial charge in [0.25, 0.3) is 5.91 Å². The van der Waals surface area contributed by atoms with Gasteiger partial charge in [-0.1, -0.05) is 18.2 Å². The molecule has 0 bridgehead atoms. The summed E-state index contributed by atoms with van der Waals surface area (Å²) < 4.78 is 5.05. The van der Waals surface area contributed by atoms with Crippen molar-refractivity contribution in [1.82, 2.24) is 20.3 Å². The number of anilines is 1. The van der Waals surface area contributed by atoms with E-state index in [2.05, 4.69) is 20.3 Å². The highest BCUT2D eigenvalue weighted by Gasteiger charge is 2.11. The Morgan fingerprint density at radius 3 is 2.59 bits per heavy atom. The van der Waals surface area contributed by atoms with E-state index in [-0.39, 0.29) is 18.5 Å². The van der Waals surface area contributed by atoms with Gasteiger partial charge in [0.1, 0.15) is 0 Å².